The molecule has 16 heteroatoms. The summed E-state index contributed by atoms with van der Waals surface area (Å²) >= 11 is 0. The van der Waals surface area contributed by atoms with Gasteiger partial charge in [-0.1, -0.05) is 64.8 Å². The second-order valence-electron chi connectivity index (χ2n) is 18.0. The Balaban J connectivity index is 1.01. The van der Waals surface area contributed by atoms with E-state index in [1.54, 1.807) is 34.1 Å². The Kier molecular flexibility index (Phi) is 11.9. The van der Waals surface area contributed by atoms with Crippen molar-refractivity contribution in [1.29, 1.82) is 0 Å². The number of nitrogens with zero attached hydrogens (tertiary/aromatic N) is 3. The Bertz CT molecular complexity index is 2450. The minimum absolute atomic E-state index is 0.113. The van der Waals surface area contributed by atoms with E-state index < -0.39 is 42.1 Å². The van der Waals surface area contributed by atoms with Crippen LogP contribution < -0.4 is 16.0 Å². The van der Waals surface area contributed by atoms with E-state index in [9.17, 15) is 24.0 Å². The molecule has 4 N–H and O–H groups in total. The molecule has 0 radical (unpaired) electrons. The Morgan fingerprint density at radius 2 is 1.40 bits per heavy atom. The third kappa shape index (κ3) is 8.08. The number of aromatic amines is 1. The number of amides is 5. The van der Waals surface area contributed by atoms with Gasteiger partial charge in [-0.05, 0) is 102 Å². The quantitative estimate of drug-likeness (QED) is 0.125. The number of imidazole rings is 1. The summed E-state index contributed by atoms with van der Waals surface area (Å²) in [5.41, 5.74) is 3.17. The average Bonchev–Trinajstić information content (AvgIpc) is 4.06. The molecule has 0 spiro atoms. The minimum atomic E-state index is -3.38. The van der Waals surface area contributed by atoms with Crippen LogP contribution in [0.15, 0.2) is 54.6 Å². The van der Waals surface area contributed by atoms with Gasteiger partial charge in [0, 0.05) is 29.4 Å². The number of benzene rings is 3. The van der Waals surface area contributed by atoms with Gasteiger partial charge in [-0.2, -0.15) is 8.78 Å². The Labute approximate surface area is 364 Å². The second-order valence-corrected chi connectivity index (χ2v) is 18.0. The molecular weight excluding hydrogens is 813 g/mol. The van der Waals surface area contributed by atoms with Gasteiger partial charge in [-0.25, -0.2) is 14.6 Å². The topological polar surface area (TPSA) is 175 Å². The van der Waals surface area contributed by atoms with Crippen LogP contribution in [0.25, 0.3) is 33.3 Å². The fourth-order valence-electron chi connectivity index (χ4n) is 10.1. The Morgan fingerprint density at radius 3 is 2.08 bits per heavy atom. The molecule has 1 saturated carbocycles. The molecular formula is C47H55F2N7O7. The third-order valence-corrected chi connectivity index (χ3v) is 13.4. The predicted octanol–water partition coefficient (Wildman–Crippen LogP) is 7.87. The van der Waals surface area contributed by atoms with Gasteiger partial charge in [0.15, 0.2) is 0 Å². The first-order chi connectivity index (χ1) is 30.1. The number of likely N-dealkylation sites (tertiary alicyclic amines) is 2. The normalized spacial score (nSPS) is 22.0. The summed E-state index contributed by atoms with van der Waals surface area (Å²) < 4.78 is 42.6. The molecule has 2 saturated heterocycles. The van der Waals surface area contributed by atoms with Crippen molar-refractivity contribution in [3.8, 4) is 22.3 Å². The van der Waals surface area contributed by atoms with E-state index in [-0.39, 0.29) is 58.5 Å². The van der Waals surface area contributed by atoms with Crippen molar-refractivity contribution in [2.45, 2.75) is 109 Å². The maximum atomic E-state index is 16.5. The molecule has 0 unspecified atom stereocenters. The molecule has 5 amide bonds. The fraction of sp³-hybridized carbons (Fsp3) is 0.489. The standard InChI is InChI=1S/C47H55F2N7O7/c1-24(2)39(53-45(60)62-5)43(58)55-19-9-12-37(55)41-51-34-18-14-27(21-35(34)52-41)26-13-16-30-31-17-15-29(23-33(31)47(48,49)32(30)20-26)50-42(57)38-22-28-10-7-8-11-36(28)56(38)44(59)40(25(3)4)54-46(61)63-6/h13-18,20-21,23-25,28,36-40H,7-12,19,22H2,1-6H3,(H,50,57)(H,51,52)(H,53,60)(H,54,61)/t28-,36-,37-,38-,39-,40-/m0/s1. The number of alkyl carbamates (subject to hydrolysis) is 2. The van der Waals surface area contributed by atoms with Crippen molar-refractivity contribution in [2.24, 2.45) is 17.8 Å². The predicted molar refractivity (Wildman–Crippen MR) is 232 cm³/mol. The Hall–Kier alpha value is -6.06. The average molecular weight is 868 g/mol. The van der Waals surface area contributed by atoms with E-state index in [2.05, 4.69) is 20.9 Å². The highest BCUT2D eigenvalue weighted by Crippen LogP contribution is 2.53. The summed E-state index contributed by atoms with van der Waals surface area (Å²) in [5.74, 6) is -4.15. The number of hydrogen-bond donors (Lipinski definition) is 4. The molecule has 2 aliphatic heterocycles. The number of carbonyl (C=O) groups is 5. The lowest BCUT2D eigenvalue weighted by Crippen LogP contribution is -2.57. The van der Waals surface area contributed by atoms with E-state index in [0.717, 1.165) is 37.6 Å². The number of fused-ring (bicyclic) bond motifs is 5. The molecule has 3 heterocycles. The van der Waals surface area contributed by atoms with Crippen LogP contribution in [0.4, 0.5) is 24.1 Å². The second kappa shape index (κ2) is 17.2. The molecule has 63 heavy (non-hydrogen) atoms. The third-order valence-electron chi connectivity index (χ3n) is 13.4. The number of aromatic nitrogens is 2. The number of anilines is 1. The van der Waals surface area contributed by atoms with E-state index >= 15 is 8.78 Å². The van der Waals surface area contributed by atoms with Crippen LogP contribution in [0.2, 0.25) is 0 Å². The van der Waals surface area contributed by atoms with Crippen molar-refractivity contribution >= 4 is 46.6 Å². The minimum Gasteiger partial charge on any atom is -0.453 e. The summed E-state index contributed by atoms with van der Waals surface area (Å²) in [7, 11) is 2.48. The summed E-state index contributed by atoms with van der Waals surface area (Å²) in [6.45, 7) is 7.85. The molecule has 334 valence electrons. The smallest absolute Gasteiger partial charge is 0.407 e. The number of alkyl halides is 2. The van der Waals surface area contributed by atoms with Gasteiger partial charge in [0.25, 0.3) is 5.92 Å². The summed E-state index contributed by atoms with van der Waals surface area (Å²) in [4.78, 5) is 77.7. The number of nitrogens with one attached hydrogen (secondary N) is 4. The van der Waals surface area contributed by atoms with E-state index in [4.69, 9.17) is 14.5 Å². The molecule has 1 aromatic heterocycles. The number of methoxy groups -OCH3 is 2. The molecule has 6 atom stereocenters. The summed E-state index contributed by atoms with van der Waals surface area (Å²) in [6, 6.07) is 12.0. The SMILES string of the molecule is COC(=O)N[C@H](C(=O)N1CCC[C@H]1c1nc2cc(-c3ccc4c(c3)C(F)(F)c3cc(NC(=O)[C@@H]5C[C@@H]6CCCC[C@@H]6N5C(=O)[C@@H](NC(=O)OC)C(C)C)ccc3-4)ccc2[nH]1)C(C)C. The lowest BCUT2D eigenvalue weighted by Gasteiger charge is -2.36. The van der Waals surface area contributed by atoms with Crippen LogP contribution in [0.5, 0.6) is 0 Å². The van der Waals surface area contributed by atoms with Crippen LogP contribution in [0, 0.1) is 17.8 Å². The van der Waals surface area contributed by atoms with E-state index in [1.807, 2.05) is 45.9 Å². The molecule has 14 nitrogen and oxygen atoms in total. The number of rotatable bonds is 10. The highest BCUT2D eigenvalue weighted by molar-refractivity contribution is 6.00. The zero-order chi connectivity index (χ0) is 44.9. The molecule has 2 aliphatic carbocycles. The van der Waals surface area contributed by atoms with Gasteiger partial charge < -0.3 is 40.2 Å². The van der Waals surface area contributed by atoms with Crippen LogP contribution >= 0.6 is 0 Å². The molecule has 4 aliphatic rings. The highest BCUT2D eigenvalue weighted by Gasteiger charge is 2.50. The van der Waals surface area contributed by atoms with Gasteiger partial charge in [0.1, 0.15) is 23.9 Å². The summed E-state index contributed by atoms with van der Waals surface area (Å²) in [5, 5.41) is 8.18. The lowest BCUT2D eigenvalue weighted by atomic mass is 9.84. The number of halogens is 2. The zero-order valence-electron chi connectivity index (χ0n) is 36.4. The maximum Gasteiger partial charge on any atom is 0.407 e. The van der Waals surface area contributed by atoms with E-state index in [1.165, 1.54) is 26.4 Å². The lowest BCUT2D eigenvalue weighted by molar-refractivity contribution is -0.142. The molecule has 0 bridgehead atoms. The molecule has 4 aromatic rings. The first-order valence-electron chi connectivity index (χ1n) is 21.9. The summed E-state index contributed by atoms with van der Waals surface area (Å²) in [6.07, 6.45) is 3.99. The first kappa shape index (κ1) is 43.6. The Morgan fingerprint density at radius 1 is 0.778 bits per heavy atom. The van der Waals surface area contributed by atoms with Crippen molar-refractivity contribution < 1.29 is 42.2 Å². The van der Waals surface area contributed by atoms with Crippen molar-refractivity contribution in [1.82, 2.24) is 30.4 Å². The van der Waals surface area contributed by atoms with Crippen LogP contribution in [-0.4, -0.2) is 94.6 Å². The van der Waals surface area contributed by atoms with Gasteiger partial charge in [-0.3, -0.25) is 14.4 Å². The van der Waals surface area contributed by atoms with Gasteiger partial charge in [-0.15, -0.1) is 0 Å². The monoisotopic (exact) mass is 867 g/mol. The number of hydrogen-bond acceptors (Lipinski definition) is 8. The number of ether oxygens (including phenoxy) is 2. The van der Waals surface area contributed by atoms with Crippen molar-refractivity contribution in [3.05, 3.63) is 71.5 Å². The highest BCUT2D eigenvalue weighted by atomic mass is 19.3. The fourth-order valence-corrected chi connectivity index (χ4v) is 10.1. The first-order valence-corrected chi connectivity index (χ1v) is 21.9. The maximum absolute atomic E-state index is 16.5. The van der Waals surface area contributed by atoms with Crippen LogP contribution in [-0.2, 0) is 29.8 Å². The van der Waals surface area contributed by atoms with Gasteiger partial charge >= 0.3 is 12.2 Å². The van der Waals surface area contributed by atoms with Crippen LogP contribution in [0.1, 0.15) is 95.6 Å². The molecule has 3 fully saturated rings. The van der Waals surface area contributed by atoms with Crippen molar-refractivity contribution in [2.75, 3.05) is 26.1 Å². The van der Waals surface area contributed by atoms with Crippen LogP contribution in [0.3, 0.4) is 0 Å². The van der Waals surface area contributed by atoms with Crippen molar-refractivity contribution in [3.63, 3.8) is 0 Å². The zero-order valence-corrected chi connectivity index (χ0v) is 36.4. The van der Waals surface area contributed by atoms with E-state index in [0.29, 0.717) is 53.0 Å². The van der Waals surface area contributed by atoms with Gasteiger partial charge in [0.2, 0.25) is 17.7 Å². The molecule has 3 aromatic carbocycles. The number of H-pyrrole nitrogens is 1. The molecule has 8 rings (SSSR count). The number of carbonyl (C=O) groups excluding carboxylic acids is 5. The van der Waals surface area contributed by atoms with Gasteiger partial charge in [0.05, 0.1) is 31.3 Å². The largest absolute Gasteiger partial charge is 0.453 e.